The summed E-state index contributed by atoms with van der Waals surface area (Å²) in [6, 6.07) is 10.5. The van der Waals surface area contributed by atoms with Crippen molar-refractivity contribution >= 4 is 9.84 Å². The molecule has 0 aliphatic heterocycles. The highest BCUT2D eigenvalue weighted by atomic mass is 32.2. The Morgan fingerprint density at radius 1 is 0.897 bits per heavy atom. The van der Waals surface area contributed by atoms with Crippen molar-refractivity contribution in [2.45, 2.75) is 36.3 Å². The average molecular weight is 417 g/mol. The number of aryl methyl sites for hydroxylation is 1. The van der Waals surface area contributed by atoms with Crippen LogP contribution in [-0.4, -0.2) is 29.7 Å². The molecule has 6 heteroatoms. The molecular weight excluding hydrogens is 388 g/mol. The van der Waals surface area contributed by atoms with Gasteiger partial charge in [0.15, 0.2) is 21.3 Å². The van der Waals surface area contributed by atoms with Crippen molar-refractivity contribution in [1.29, 1.82) is 0 Å². The average Bonchev–Trinajstić information content (AvgIpc) is 2.74. The van der Waals surface area contributed by atoms with Crippen molar-refractivity contribution in [3.8, 4) is 17.2 Å². The highest BCUT2D eigenvalue weighted by Gasteiger charge is 2.38. The monoisotopic (exact) mass is 416 g/mol. The summed E-state index contributed by atoms with van der Waals surface area (Å²) >= 11 is 0. The molecule has 0 saturated heterocycles. The SMILES string of the molecule is COc1cc(OC)c(C(C2CC=CCC2)S(=O)(=O)c2ccc(C)cc2)cc1OC. The zero-order valence-corrected chi connectivity index (χ0v) is 18.2. The second kappa shape index (κ2) is 8.91. The van der Waals surface area contributed by atoms with Crippen LogP contribution >= 0.6 is 0 Å². The smallest absolute Gasteiger partial charge is 0.185 e. The Morgan fingerprint density at radius 3 is 2.07 bits per heavy atom. The standard InChI is InChI=1S/C23H28O5S/c1-16-10-12-18(13-11-16)29(24,25)23(17-8-6-5-7-9-17)19-14-21(27-3)22(28-4)15-20(19)26-2/h5-6,10-15,17,23H,7-9H2,1-4H3. The van der Waals surface area contributed by atoms with Crippen molar-refractivity contribution in [1.82, 2.24) is 0 Å². The Labute approximate surface area is 173 Å². The summed E-state index contributed by atoms with van der Waals surface area (Å²) in [7, 11) is 0.972. The fourth-order valence-corrected chi connectivity index (χ4v) is 6.00. The van der Waals surface area contributed by atoms with Crippen LogP contribution in [0.1, 0.15) is 35.6 Å². The largest absolute Gasteiger partial charge is 0.496 e. The van der Waals surface area contributed by atoms with Gasteiger partial charge in [0.1, 0.15) is 5.75 Å². The lowest BCUT2D eigenvalue weighted by Gasteiger charge is -2.30. The molecule has 3 rings (SSSR count). The third kappa shape index (κ3) is 4.27. The van der Waals surface area contributed by atoms with Gasteiger partial charge in [-0.25, -0.2) is 8.42 Å². The Balaban J connectivity index is 2.21. The van der Waals surface area contributed by atoms with Gasteiger partial charge in [-0.1, -0.05) is 29.8 Å². The second-order valence-corrected chi connectivity index (χ2v) is 9.34. The summed E-state index contributed by atoms with van der Waals surface area (Å²) in [4.78, 5) is 0.319. The molecule has 2 aromatic rings. The Kier molecular flexibility index (Phi) is 6.52. The highest BCUT2D eigenvalue weighted by molar-refractivity contribution is 7.91. The molecule has 0 saturated carbocycles. The topological polar surface area (TPSA) is 61.8 Å². The van der Waals surface area contributed by atoms with Gasteiger partial charge in [0.25, 0.3) is 0 Å². The van der Waals surface area contributed by atoms with E-state index < -0.39 is 15.1 Å². The molecule has 0 aromatic heterocycles. The van der Waals surface area contributed by atoms with E-state index >= 15 is 0 Å². The summed E-state index contributed by atoms with van der Waals surface area (Å²) in [6.45, 7) is 1.94. The molecular formula is C23H28O5S. The molecule has 2 aromatic carbocycles. The summed E-state index contributed by atoms with van der Waals surface area (Å²) in [5.74, 6) is 1.41. The lowest BCUT2D eigenvalue weighted by Crippen LogP contribution is -2.24. The van der Waals surface area contributed by atoms with Crippen molar-refractivity contribution in [2.75, 3.05) is 21.3 Å². The van der Waals surface area contributed by atoms with E-state index in [1.807, 2.05) is 19.1 Å². The lowest BCUT2D eigenvalue weighted by atomic mass is 9.87. The van der Waals surface area contributed by atoms with Crippen LogP contribution in [0.25, 0.3) is 0 Å². The molecule has 0 N–H and O–H groups in total. The van der Waals surface area contributed by atoms with Gasteiger partial charge < -0.3 is 14.2 Å². The van der Waals surface area contributed by atoms with Crippen molar-refractivity contribution in [3.05, 3.63) is 59.7 Å². The van der Waals surface area contributed by atoms with Crippen LogP contribution in [0.15, 0.2) is 53.4 Å². The maximum absolute atomic E-state index is 13.8. The molecule has 5 nitrogen and oxygen atoms in total. The van der Waals surface area contributed by atoms with Crippen LogP contribution in [0.3, 0.4) is 0 Å². The van der Waals surface area contributed by atoms with Crippen LogP contribution in [-0.2, 0) is 9.84 Å². The molecule has 0 bridgehead atoms. The first kappa shape index (κ1) is 21.2. The van der Waals surface area contributed by atoms with E-state index in [1.165, 1.54) is 0 Å². The maximum Gasteiger partial charge on any atom is 0.185 e. The van der Waals surface area contributed by atoms with Crippen LogP contribution in [0, 0.1) is 12.8 Å². The highest BCUT2D eigenvalue weighted by Crippen LogP contribution is 2.47. The van der Waals surface area contributed by atoms with Gasteiger partial charge in [0.2, 0.25) is 0 Å². The minimum absolute atomic E-state index is 0.0571. The number of ether oxygens (including phenoxy) is 3. The van der Waals surface area contributed by atoms with E-state index in [4.69, 9.17) is 14.2 Å². The van der Waals surface area contributed by atoms with Crippen molar-refractivity contribution in [2.24, 2.45) is 5.92 Å². The third-order valence-corrected chi connectivity index (χ3v) is 7.70. The number of sulfone groups is 1. The molecule has 2 unspecified atom stereocenters. The number of hydrogen-bond donors (Lipinski definition) is 0. The van der Waals surface area contributed by atoms with Crippen LogP contribution in [0.5, 0.6) is 17.2 Å². The van der Waals surface area contributed by atoms with Gasteiger partial charge in [-0.3, -0.25) is 0 Å². The number of rotatable bonds is 7. The molecule has 29 heavy (non-hydrogen) atoms. The number of hydrogen-bond acceptors (Lipinski definition) is 5. The molecule has 1 aliphatic rings. The molecule has 0 spiro atoms. The Morgan fingerprint density at radius 2 is 1.52 bits per heavy atom. The summed E-state index contributed by atoms with van der Waals surface area (Å²) < 4.78 is 44.1. The van der Waals surface area contributed by atoms with Crippen LogP contribution < -0.4 is 14.2 Å². The van der Waals surface area contributed by atoms with Gasteiger partial charge in [0.05, 0.1) is 31.5 Å². The second-order valence-electron chi connectivity index (χ2n) is 7.27. The first-order valence-corrected chi connectivity index (χ1v) is 11.2. The maximum atomic E-state index is 13.8. The first-order valence-electron chi connectivity index (χ1n) is 9.67. The zero-order chi connectivity index (χ0) is 21.0. The predicted octanol–water partition coefficient (Wildman–Crippen LogP) is 4.89. The number of benzene rings is 2. The fourth-order valence-electron chi connectivity index (χ4n) is 3.92. The van der Waals surface area contributed by atoms with E-state index in [0.717, 1.165) is 18.4 Å². The van der Waals surface area contributed by atoms with E-state index in [-0.39, 0.29) is 5.92 Å². The van der Waals surface area contributed by atoms with E-state index in [0.29, 0.717) is 34.1 Å². The fraction of sp³-hybridized carbons (Fsp3) is 0.391. The molecule has 0 fully saturated rings. The molecule has 1 aliphatic carbocycles. The number of methoxy groups -OCH3 is 3. The summed E-state index contributed by atoms with van der Waals surface area (Å²) in [6.07, 6.45) is 6.54. The molecule has 0 heterocycles. The van der Waals surface area contributed by atoms with Gasteiger partial charge in [-0.15, -0.1) is 0 Å². The Hall–Kier alpha value is -2.47. The first-order chi connectivity index (χ1) is 13.9. The molecule has 0 amide bonds. The summed E-state index contributed by atoms with van der Waals surface area (Å²) in [5.41, 5.74) is 1.62. The Bertz CT molecular complexity index is 977. The molecule has 156 valence electrons. The van der Waals surface area contributed by atoms with E-state index in [2.05, 4.69) is 12.2 Å². The minimum Gasteiger partial charge on any atom is -0.496 e. The van der Waals surface area contributed by atoms with Crippen LogP contribution in [0.2, 0.25) is 0 Å². The summed E-state index contributed by atoms with van der Waals surface area (Å²) in [5, 5.41) is -0.745. The minimum atomic E-state index is -3.66. The third-order valence-electron chi connectivity index (χ3n) is 5.46. The zero-order valence-electron chi connectivity index (χ0n) is 17.3. The normalized spacial score (nSPS) is 17.6. The van der Waals surface area contributed by atoms with Gasteiger partial charge in [-0.2, -0.15) is 0 Å². The van der Waals surface area contributed by atoms with Crippen molar-refractivity contribution < 1.29 is 22.6 Å². The quantitative estimate of drug-likeness (QED) is 0.601. The van der Waals surface area contributed by atoms with Crippen molar-refractivity contribution in [3.63, 3.8) is 0 Å². The van der Waals surface area contributed by atoms with Gasteiger partial charge >= 0.3 is 0 Å². The van der Waals surface area contributed by atoms with Gasteiger partial charge in [-0.05, 0) is 50.3 Å². The lowest BCUT2D eigenvalue weighted by molar-refractivity contribution is 0.344. The van der Waals surface area contributed by atoms with Crippen LogP contribution in [0.4, 0.5) is 0 Å². The van der Waals surface area contributed by atoms with E-state index in [1.54, 1.807) is 45.6 Å². The number of allylic oxidation sites excluding steroid dienone is 2. The molecule has 0 radical (unpaired) electrons. The van der Waals surface area contributed by atoms with E-state index in [9.17, 15) is 8.42 Å². The predicted molar refractivity (Wildman–Crippen MR) is 114 cm³/mol. The van der Waals surface area contributed by atoms with Gasteiger partial charge in [0, 0.05) is 11.6 Å². The molecule has 2 atom stereocenters.